The summed E-state index contributed by atoms with van der Waals surface area (Å²) in [5.41, 5.74) is 0. The number of carbonyl (C=O) groups excluding carboxylic acids is 1. The maximum Gasteiger partial charge on any atom is 0.345 e. The van der Waals surface area contributed by atoms with Gasteiger partial charge in [-0.3, -0.25) is 4.84 Å². The van der Waals surface area contributed by atoms with E-state index < -0.39 is 0 Å². The Labute approximate surface area is 107 Å². The lowest BCUT2D eigenvalue weighted by atomic mass is 10.1. The molecule has 2 aliphatic rings. The fraction of sp³-hybridized carbons (Fsp3) is 0.500. The number of urea groups is 1. The average Bonchev–Trinajstić information content (AvgIpc) is 2.57. The summed E-state index contributed by atoms with van der Waals surface area (Å²) in [6.45, 7) is 4.38. The van der Waals surface area contributed by atoms with E-state index in [1.807, 2.05) is 6.08 Å². The molecule has 0 radical (unpaired) electrons. The standard InChI is InChI=1S/C10H13IN2O3/c1-2-3-16-13-9-5-12(10(13)15)7(6-14)4-8(9)11/h2,4,7,9,14H,1,3,5-6H2. The molecule has 0 aromatic carbocycles. The average molecular weight is 336 g/mol. The highest BCUT2D eigenvalue weighted by Crippen LogP contribution is 2.33. The van der Waals surface area contributed by atoms with Gasteiger partial charge in [-0.2, -0.15) is 5.06 Å². The maximum atomic E-state index is 12.0. The first-order valence-electron chi connectivity index (χ1n) is 5.00. The van der Waals surface area contributed by atoms with E-state index in [1.54, 1.807) is 11.0 Å². The summed E-state index contributed by atoms with van der Waals surface area (Å²) in [7, 11) is 0. The van der Waals surface area contributed by atoms with Crippen LogP contribution >= 0.6 is 22.6 Å². The van der Waals surface area contributed by atoms with Gasteiger partial charge in [-0.15, -0.1) is 6.58 Å². The van der Waals surface area contributed by atoms with E-state index in [2.05, 4.69) is 29.2 Å². The van der Waals surface area contributed by atoms with Crippen molar-refractivity contribution in [1.82, 2.24) is 9.96 Å². The van der Waals surface area contributed by atoms with Gasteiger partial charge in [0.25, 0.3) is 0 Å². The lowest BCUT2D eigenvalue weighted by molar-refractivity contribution is -0.108. The molecule has 2 aliphatic heterocycles. The van der Waals surface area contributed by atoms with Crippen molar-refractivity contribution in [2.24, 2.45) is 0 Å². The highest BCUT2D eigenvalue weighted by Gasteiger charge is 2.45. The van der Waals surface area contributed by atoms with Crippen molar-refractivity contribution in [1.29, 1.82) is 0 Å². The summed E-state index contributed by atoms with van der Waals surface area (Å²) in [4.78, 5) is 18.9. The first-order chi connectivity index (χ1) is 7.69. The molecular formula is C10H13IN2O3. The molecule has 88 valence electrons. The van der Waals surface area contributed by atoms with Crippen molar-refractivity contribution in [2.75, 3.05) is 19.8 Å². The number of hydrogen-bond donors (Lipinski definition) is 1. The van der Waals surface area contributed by atoms with E-state index in [0.717, 1.165) is 3.58 Å². The lowest BCUT2D eigenvalue weighted by Crippen LogP contribution is -2.40. The largest absolute Gasteiger partial charge is 0.394 e. The Balaban J connectivity index is 2.18. The molecule has 0 aliphatic carbocycles. The van der Waals surface area contributed by atoms with Crippen LogP contribution in [0, 0.1) is 0 Å². The normalized spacial score (nSPS) is 28.4. The molecule has 2 atom stereocenters. The van der Waals surface area contributed by atoms with Gasteiger partial charge in [-0.1, -0.05) is 6.08 Å². The van der Waals surface area contributed by atoms with E-state index >= 15 is 0 Å². The molecule has 0 saturated carbocycles. The van der Waals surface area contributed by atoms with Crippen molar-refractivity contribution >= 4 is 28.6 Å². The Morgan fingerprint density at radius 2 is 2.50 bits per heavy atom. The second-order valence-electron chi connectivity index (χ2n) is 3.66. The van der Waals surface area contributed by atoms with Gasteiger partial charge in [0.1, 0.15) is 6.04 Å². The predicted octanol–water partition coefficient (Wildman–Crippen LogP) is 0.904. The fourth-order valence-electron chi connectivity index (χ4n) is 1.89. The molecule has 0 spiro atoms. The SMILES string of the molecule is C=CCON1C(=O)N2CC1C(I)=CC2CO. The van der Waals surface area contributed by atoms with Gasteiger partial charge in [0.2, 0.25) is 0 Å². The first kappa shape index (κ1) is 11.9. The molecule has 2 heterocycles. The number of fused-ring (bicyclic) bond motifs is 2. The van der Waals surface area contributed by atoms with Crippen LogP contribution in [0.4, 0.5) is 4.79 Å². The van der Waals surface area contributed by atoms with Crippen LogP contribution < -0.4 is 0 Å². The van der Waals surface area contributed by atoms with Crippen LogP contribution in [0.15, 0.2) is 22.3 Å². The summed E-state index contributed by atoms with van der Waals surface area (Å²) in [5.74, 6) is 0. The molecule has 1 N–H and O–H groups in total. The van der Waals surface area contributed by atoms with Gasteiger partial charge in [0.15, 0.2) is 0 Å². The van der Waals surface area contributed by atoms with Gasteiger partial charge in [-0.05, 0) is 28.7 Å². The Morgan fingerprint density at radius 1 is 1.75 bits per heavy atom. The Morgan fingerprint density at radius 3 is 3.12 bits per heavy atom. The number of carbonyl (C=O) groups is 1. The van der Waals surface area contributed by atoms with Gasteiger partial charge in [0, 0.05) is 3.58 Å². The van der Waals surface area contributed by atoms with Gasteiger partial charge < -0.3 is 10.0 Å². The molecule has 1 fully saturated rings. The minimum absolute atomic E-state index is 0.0455. The molecular weight excluding hydrogens is 323 g/mol. The Hall–Kier alpha value is -0.600. The highest BCUT2D eigenvalue weighted by atomic mass is 127. The van der Waals surface area contributed by atoms with Crippen LogP contribution in [0.1, 0.15) is 0 Å². The third-order valence-corrected chi connectivity index (χ3v) is 3.75. The number of aliphatic hydroxyl groups excluding tert-OH is 1. The molecule has 2 bridgehead atoms. The topological polar surface area (TPSA) is 53.0 Å². The minimum Gasteiger partial charge on any atom is -0.394 e. The molecule has 6 heteroatoms. The van der Waals surface area contributed by atoms with Crippen molar-refractivity contribution in [3.8, 4) is 0 Å². The van der Waals surface area contributed by atoms with Crippen molar-refractivity contribution < 1.29 is 14.7 Å². The Kier molecular flexibility index (Phi) is 3.50. The van der Waals surface area contributed by atoms with Crippen LogP contribution in [0.3, 0.4) is 0 Å². The van der Waals surface area contributed by atoms with Crippen molar-refractivity contribution in [2.45, 2.75) is 12.1 Å². The molecule has 2 amide bonds. The number of nitrogens with zero attached hydrogens (tertiary/aromatic N) is 2. The zero-order valence-corrected chi connectivity index (χ0v) is 10.8. The smallest absolute Gasteiger partial charge is 0.345 e. The lowest BCUT2D eigenvalue weighted by Gasteiger charge is -2.25. The second kappa shape index (κ2) is 4.72. The minimum atomic E-state index is -0.229. The molecule has 2 unspecified atom stereocenters. The third-order valence-electron chi connectivity index (χ3n) is 2.68. The maximum absolute atomic E-state index is 12.0. The molecule has 0 aromatic rings. The third kappa shape index (κ3) is 1.85. The number of aliphatic hydroxyl groups is 1. The zero-order chi connectivity index (χ0) is 11.7. The van der Waals surface area contributed by atoms with Crippen molar-refractivity contribution in [3.63, 3.8) is 0 Å². The number of halogens is 1. The molecule has 2 rings (SSSR count). The predicted molar refractivity (Wildman–Crippen MR) is 66.9 cm³/mol. The van der Waals surface area contributed by atoms with Gasteiger partial charge in [-0.25, -0.2) is 4.79 Å². The molecule has 16 heavy (non-hydrogen) atoms. The molecule has 1 saturated heterocycles. The van der Waals surface area contributed by atoms with Crippen molar-refractivity contribution in [3.05, 3.63) is 22.3 Å². The van der Waals surface area contributed by atoms with Gasteiger partial charge in [0.05, 0.1) is 25.8 Å². The van der Waals surface area contributed by atoms with Crippen LogP contribution in [0.2, 0.25) is 0 Å². The summed E-state index contributed by atoms with van der Waals surface area (Å²) in [6, 6.07) is -0.461. The quantitative estimate of drug-likeness (QED) is 0.613. The van der Waals surface area contributed by atoms with Gasteiger partial charge >= 0.3 is 6.03 Å². The molecule has 0 aromatic heterocycles. The van der Waals surface area contributed by atoms with Crippen LogP contribution in [-0.2, 0) is 4.84 Å². The fourth-order valence-corrected chi connectivity index (χ4v) is 2.75. The number of hydrogen-bond acceptors (Lipinski definition) is 3. The first-order valence-corrected chi connectivity index (χ1v) is 6.08. The number of rotatable bonds is 4. The van der Waals surface area contributed by atoms with Crippen LogP contribution in [-0.4, -0.2) is 52.9 Å². The summed E-state index contributed by atoms with van der Waals surface area (Å²) in [5, 5.41) is 10.6. The summed E-state index contributed by atoms with van der Waals surface area (Å²) >= 11 is 2.18. The van der Waals surface area contributed by atoms with E-state index in [9.17, 15) is 9.90 Å². The summed E-state index contributed by atoms with van der Waals surface area (Å²) in [6.07, 6.45) is 3.51. The zero-order valence-electron chi connectivity index (χ0n) is 8.67. The number of hydroxylamine groups is 2. The van der Waals surface area contributed by atoms with E-state index in [-0.39, 0.29) is 24.7 Å². The van der Waals surface area contributed by atoms with E-state index in [1.165, 1.54) is 5.06 Å². The van der Waals surface area contributed by atoms with Crippen LogP contribution in [0.5, 0.6) is 0 Å². The monoisotopic (exact) mass is 336 g/mol. The second-order valence-corrected chi connectivity index (χ2v) is 4.91. The van der Waals surface area contributed by atoms with E-state index in [4.69, 9.17) is 4.84 Å². The highest BCUT2D eigenvalue weighted by molar-refractivity contribution is 14.1. The molecule has 5 nitrogen and oxygen atoms in total. The number of amides is 2. The van der Waals surface area contributed by atoms with Crippen LogP contribution in [0.25, 0.3) is 0 Å². The summed E-state index contributed by atoms with van der Waals surface area (Å²) < 4.78 is 1.03. The Bertz CT molecular complexity index is 345. The van der Waals surface area contributed by atoms with E-state index in [0.29, 0.717) is 13.2 Å².